The summed E-state index contributed by atoms with van der Waals surface area (Å²) in [6, 6.07) is 7.01. The number of nitrogens with one attached hydrogen (secondary N) is 1. The number of halogens is 2. The molecule has 0 aliphatic heterocycles. The van der Waals surface area contributed by atoms with Gasteiger partial charge >= 0.3 is 0 Å². The Bertz CT molecular complexity index is 283. The third kappa shape index (κ3) is 5.11. The first-order valence-electron chi connectivity index (χ1n) is 4.69. The van der Waals surface area contributed by atoms with E-state index < -0.39 is 0 Å². The van der Waals surface area contributed by atoms with Crippen LogP contribution in [0.1, 0.15) is 12.5 Å². The quantitative estimate of drug-likeness (QED) is 0.843. The van der Waals surface area contributed by atoms with Gasteiger partial charge in [-0.15, -0.1) is 12.4 Å². The molecule has 1 aromatic carbocycles. The van der Waals surface area contributed by atoms with Crippen LogP contribution in [0.3, 0.4) is 0 Å². The van der Waals surface area contributed by atoms with Crippen LogP contribution in [0.4, 0.5) is 4.39 Å². The maximum atomic E-state index is 13.2. The highest BCUT2D eigenvalue weighted by Gasteiger charge is 2.03. The van der Waals surface area contributed by atoms with Gasteiger partial charge in [0.25, 0.3) is 0 Å². The summed E-state index contributed by atoms with van der Waals surface area (Å²) in [5.41, 5.74) is 0.690. The van der Waals surface area contributed by atoms with E-state index in [4.69, 9.17) is 4.74 Å². The standard InChI is InChI=1S/C11H16FNO.ClH/c1-9(8-14-2)13-7-10-5-3-4-6-11(10)12;/h3-6,9,13H,7-8H2,1-2H3;1H. The highest BCUT2D eigenvalue weighted by atomic mass is 35.5. The van der Waals surface area contributed by atoms with Crippen molar-refractivity contribution < 1.29 is 9.13 Å². The molecular formula is C11H17ClFNO. The Morgan fingerprint density at radius 2 is 2.07 bits per heavy atom. The van der Waals surface area contributed by atoms with Crippen LogP contribution in [-0.4, -0.2) is 19.8 Å². The van der Waals surface area contributed by atoms with E-state index in [1.807, 2.05) is 13.0 Å². The molecule has 1 unspecified atom stereocenters. The molecule has 0 saturated carbocycles. The summed E-state index contributed by atoms with van der Waals surface area (Å²) < 4.78 is 18.1. The first kappa shape index (κ1) is 14.4. The zero-order chi connectivity index (χ0) is 10.4. The minimum absolute atomic E-state index is 0. The average Bonchev–Trinajstić information content (AvgIpc) is 2.17. The second kappa shape index (κ2) is 7.63. The van der Waals surface area contributed by atoms with E-state index in [9.17, 15) is 4.39 Å². The smallest absolute Gasteiger partial charge is 0.127 e. The minimum Gasteiger partial charge on any atom is -0.383 e. The Morgan fingerprint density at radius 1 is 1.40 bits per heavy atom. The van der Waals surface area contributed by atoms with E-state index in [2.05, 4.69) is 5.32 Å². The molecule has 4 heteroatoms. The number of rotatable bonds is 5. The number of benzene rings is 1. The van der Waals surface area contributed by atoms with E-state index in [0.717, 1.165) is 0 Å². The molecule has 0 radical (unpaired) electrons. The van der Waals surface area contributed by atoms with Crippen LogP contribution in [0.5, 0.6) is 0 Å². The fraction of sp³-hybridized carbons (Fsp3) is 0.455. The van der Waals surface area contributed by atoms with Crippen molar-refractivity contribution in [3.63, 3.8) is 0 Å². The number of hydrogen-bond donors (Lipinski definition) is 1. The average molecular weight is 234 g/mol. The van der Waals surface area contributed by atoms with Crippen molar-refractivity contribution in [1.82, 2.24) is 5.32 Å². The van der Waals surface area contributed by atoms with Crippen molar-refractivity contribution in [2.75, 3.05) is 13.7 Å². The first-order valence-corrected chi connectivity index (χ1v) is 4.69. The van der Waals surface area contributed by atoms with Crippen LogP contribution in [-0.2, 0) is 11.3 Å². The summed E-state index contributed by atoms with van der Waals surface area (Å²) in [6.45, 7) is 3.18. The van der Waals surface area contributed by atoms with Crippen molar-refractivity contribution in [2.24, 2.45) is 0 Å². The van der Waals surface area contributed by atoms with Gasteiger partial charge in [0.05, 0.1) is 6.61 Å². The molecule has 0 fully saturated rings. The van der Waals surface area contributed by atoms with Gasteiger partial charge < -0.3 is 10.1 Å². The largest absolute Gasteiger partial charge is 0.383 e. The Kier molecular flexibility index (Phi) is 7.30. The van der Waals surface area contributed by atoms with Crippen LogP contribution in [0, 0.1) is 5.82 Å². The van der Waals surface area contributed by atoms with Gasteiger partial charge in [0.1, 0.15) is 5.82 Å². The summed E-state index contributed by atoms with van der Waals surface area (Å²) >= 11 is 0. The summed E-state index contributed by atoms with van der Waals surface area (Å²) in [5, 5.41) is 3.18. The van der Waals surface area contributed by atoms with E-state index in [0.29, 0.717) is 18.7 Å². The molecule has 0 saturated heterocycles. The molecule has 1 aromatic rings. The van der Waals surface area contributed by atoms with Gasteiger partial charge in [-0.3, -0.25) is 0 Å². The monoisotopic (exact) mass is 233 g/mol. The SMILES string of the molecule is COCC(C)NCc1ccccc1F.Cl. The second-order valence-corrected chi connectivity index (χ2v) is 3.33. The Morgan fingerprint density at radius 3 is 2.67 bits per heavy atom. The fourth-order valence-corrected chi connectivity index (χ4v) is 1.23. The Balaban J connectivity index is 0.00000196. The van der Waals surface area contributed by atoms with Crippen LogP contribution in [0.15, 0.2) is 24.3 Å². The lowest BCUT2D eigenvalue weighted by atomic mass is 10.2. The van der Waals surface area contributed by atoms with Gasteiger partial charge in [-0.05, 0) is 13.0 Å². The molecule has 0 bridgehead atoms. The molecule has 0 aliphatic rings. The zero-order valence-corrected chi connectivity index (χ0v) is 9.81. The predicted octanol–water partition coefficient (Wildman–Crippen LogP) is 2.37. The van der Waals surface area contributed by atoms with Crippen molar-refractivity contribution >= 4 is 12.4 Å². The summed E-state index contributed by atoms with van der Waals surface area (Å²) in [6.07, 6.45) is 0. The van der Waals surface area contributed by atoms with E-state index in [-0.39, 0.29) is 24.3 Å². The maximum absolute atomic E-state index is 13.2. The fourth-order valence-electron chi connectivity index (χ4n) is 1.23. The molecule has 0 aromatic heterocycles. The molecule has 2 nitrogen and oxygen atoms in total. The lowest BCUT2D eigenvalue weighted by Crippen LogP contribution is -2.29. The molecule has 1 N–H and O–H groups in total. The lowest BCUT2D eigenvalue weighted by molar-refractivity contribution is 0.171. The predicted molar refractivity (Wildman–Crippen MR) is 61.8 cm³/mol. The third-order valence-electron chi connectivity index (χ3n) is 2.02. The molecule has 1 rings (SSSR count). The van der Waals surface area contributed by atoms with Crippen LogP contribution < -0.4 is 5.32 Å². The summed E-state index contributed by atoms with van der Waals surface area (Å²) in [4.78, 5) is 0. The summed E-state index contributed by atoms with van der Waals surface area (Å²) in [5.74, 6) is -0.162. The van der Waals surface area contributed by atoms with E-state index in [1.54, 1.807) is 19.2 Å². The molecule has 86 valence electrons. The minimum atomic E-state index is -0.162. The molecule has 0 heterocycles. The van der Waals surface area contributed by atoms with Gasteiger partial charge in [-0.1, -0.05) is 18.2 Å². The van der Waals surface area contributed by atoms with Gasteiger partial charge in [0, 0.05) is 25.3 Å². The zero-order valence-electron chi connectivity index (χ0n) is 9.00. The van der Waals surface area contributed by atoms with Crippen LogP contribution in [0.2, 0.25) is 0 Å². The first-order chi connectivity index (χ1) is 6.74. The van der Waals surface area contributed by atoms with Crippen molar-refractivity contribution in [3.8, 4) is 0 Å². The highest BCUT2D eigenvalue weighted by Crippen LogP contribution is 2.05. The normalized spacial score (nSPS) is 11.9. The number of methoxy groups -OCH3 is 1. The molecule has 0 amide bonds. The molecule has 0 aliphatic carbocycles. The third-order valence-corrected chi connectivity index (χ3v) is 2.02. The molecule has 0 spiro atoms. The Labute approximate surface area is 96.2 Å². The van der Waals surface area contributed by atoms with Gasteiger partial charge in [0.2, 0.25) is 0 Å². The van der Waals surface area contributed by atoms with E-state index >= 15 is 0 Å². The van der Waals surface area contributed by atoms with Gasteiger partial charge in [-0.2, -0.15) is 0 Å². The molecule has 15 heavy (non-hydrogen) atoms. The van der Waals surface area contributed by atoms with Gasteiger partial charge in [0.15, 0.2) is 0 Å². The lowest BCUT2D eigenvalue weighted by Gasteiger charge is -2.12. The maximum Gasteiger partial charge on any atom is 0.127 e. The van der Waals surface area contributed by atoms with Crippen molar-refractivity contribution in [1.29, 1.82) is 0 Å². The highest BCUT2D eigenvalue weighted by molar-refractivity contribution is 5.85. The number of hydrogen-bond acceptors (Lipinski definition) is 2. The van der Waals surface area contributed by atoms with Gasteiger partial charge in [-0.25, -0.2) is 4.39 Å². The molecular weight excluding hydrogens is 217 g/mol. The van der Waals surface area contributed by atoms with Crippen LogP contribution in [0.25, 0.3) is 0 Å². The van der Waals surface area contributed by atoms with Crippen LogP contribution >= 0.6 is 12.4 Å². The Hall–Kier alpha value is -0.640. The second-order valence-electron chi connectivity index (χ2n) is 3.33. The number of ether oxygens (including phenoxy) is 1. The summed E-state index contributed by atoms with van der Waals surface area (Å²) in [7, 11) is 1.65. The van der Waals surface area contributed by atoms with Crippen molar-refractivity contribution in [3.05, 3.63) is 35.6 Å². The van der Waals surface area contributed by atoms with E-state index in [1.165, 1.54) is 6.07 Å². The molecule has 1 atom stereocenters. The topological polar surface area (TPSA) is 21.3 Å². The van der Waals surface area contributed by atoms with Crippen molar-refractivity contribution in [2.45, 2.75) is 19.5 Å².